The van der Waals surface area contributed by atoms with E-state index >= 15 is 0 Å². The average molecular weight is 295 g/mol. The summed E-state index contributed by atoms with van der Waals surface area (Å²) in [6.07, 6.45) is 1.63. The van der Waals surface area contributed by atoms with Crippen LogP contribution < -0.4 is 10.1 Å². The van der Waals surface area contributed by atoms with Crippen molar-refractivity contribution in [2.24, 2.45) is 0 Å². The molecule has 1 heterocycles. The van der Waals surface area contributed by atoms with Gasteiger partial charge < -0.3 is 15.0 Å². The number of carbonyl (C=O) groups excluding carboxylic acids is 1. The quantitative estimate of drug-likeness (QED) is 0.850. The number of rotatable bonds is 4. The van der Waals surface area contributed by atoms with Crippen molar-refractivity contribution in [2.75, 3.05) is 11.9 Å². The van der Waals surface area contributed by atoms with E-state index in [0.717, 1.165) is 0 Å². The van der Waals surface area contributed by atoms with E-state index in [1.54, 1.807) is 42.6 Å². The maximum Gasteiger partial charge on any atom is 0.262 e. The van der Waals surface area contributed by atoms with Gasteiger partial charge in [0.1, 0.15) is 10.4 Å². The molecule has 0 aliphatic heterocycles. The summed E-state index contributed by atoms with van der Waals surface area (Å²) >= 11 is 10.7. The standard InChI is InChI=1S/C13H11ClN2O2S/c14-9-1-4-11(5-2-9)18-8-12(17)16-10-3-6-13(19)15-7-10/h1-7H,8H2,(H,15,19)(H,16,17). The summed E-state index contributed by atoms with van der Waals surface area (Å²) in [5.41, 5.74) is 0.637. The molecule has 1 aromatic carbocycles. The highest BCUT2D eigenvalue weighted by Gasteiger charge is 2.03. The van der Waals surface area contributed by atoms with Gasteiger partial charge in [-0.25, -0.2) is 0 Å². The highest BCUT2D eigenvalue weighted by atomic mass is 35.5. The fraction of sp³-hybridized carbons (Fsp3) is 0.0769. The Labute approximate surface area is 120 Å². The van der Waals surface area contributed by atoms with E-state index < -0.39 is 0 Å². The summed E-state index contributed by atoms with van der Waals surface area (Å²) in [6.45, 7) is -0.0722. The molecule has 2 N–H and O–H groups in total. The van der Waals surface area contributed by atoms with Crippen LogP contribution in [0.5, 0.6) is 5.75 Å². The Bertz CT molecular complexity index is 605. The van der Waals surface area contributed by atoms with E-state index in [1.165, 1.54) is 0 Å². The topological polar surface area (TPSA) is 54.1 Å². The van der Waals surface area contributed by atoms with Crippen LogP contribution in [-0.4, -0.2) is 17.5 Å². The molecule has 1 amide bonds. The van der Waals surface area contributed by atoms with Crippen molar-refractivity contribution in [1.29, 1.82) is 0 Å². The lowest BCUT2D eigenvalue weighted by Crippen LogP contribution is -2.20. The van der Waals surface area contributed by atoms with E-state index in [9.17, 15) is 4.79 Å². The molecule has 2 aromatic rings. The molecule has 0 unspecified atom stereocenters. The lowest BCUT2D eigenvalue weighted by Gasteiger charge is -2.07. The molecule has 0 fully saturated rings. The molecule has 0 spiro atoms. The second-order valence-electron chi connectivity index (χ2n) is 3.73. The van der Waals surface area contributed by atoms with Crippen molar-refractivity contribution in [3.63, 3.8) is 0 Å². The Balaban J connectivity index is 1.86. The first-order chi connectivity index (χ1) is 9.13. The number of ether oxygens (including phenoxy) is 1. The number of aromatic nitrogens is 1. The minimum absolute atomic E-state index is 0.0722. The summed E-state index contributed by atoms with van der Waals surface area (Å²) in [5, 5.41) is 3.30. The normalized spacial score (nSPS) is 9.95. The van der Waals surface area contributed by atoms with Crippen molar-refractivity contribution in [3.05, 3.63) is 52.3 Å². The number of amides is 1. The second kappa shape index (κ2) is 6.36. The third-order valence-electron chi connectivity index (χ3n) is 2.25. The predicted octanol–water partition coefficient (Wildman–Crippen LogP) is 3.42. The Hall–Kier alpha value is -1.85. The molecule has 4 nitrogen and oxygen atoms in total. The molecule has 0 aliphatic rings. The molecule has 0 aliphatic carbocycles. The van der Waals surface area contributed by atoms with Crippen LogP contribution in [0.2, 0.25) is 5.02 Å². The van der Waals surface area contributed by atoms with Crippen LogP contribution in [0.1, 0.15) is 0 Å². The van der Waals surface area contributed by atoms with Gasteiger partial charge in [-0.2, -0.15) is 0 Å². The largest absolute Gasteiger partial charge is 0.484 e. The number of H-pyrrole nitrogens is 1. The molecule has 0 saturated carbocycles. The smallest absolute Gasteiger partial charge is 0.262 e. The molecular weight excluding hydrogens is 284 g/mol. The zero-order valence-electron chi connectivity index (χ0n) is 9.85. The lowest BCUT2D eigenvalue weighted by molar-refractivity contribution is -0.118. The summed E-state index contributed by atoms with van der Waals surface area (Å²) in [6, 6.07) is 10.2. The summed E-state index contributed by atoms with van der Waals surface area (Å²) < 4.78 is 5.92. The zero-order chi connectivity index (χ0) is 13.7. The Kier molecular flexibility index (Phi) is 4.54. The number of pyridine rings is 1. The number of benzene rings is 1. The van der Waals surface area contributed by atoms with Gasteiger partial charge in [-0.1, -0.05) is 23.8 Å². The fourth-order valence-corrected chi connectivity index (χ4v) is 1.62. The number of hydrogen-bond acceptors (Lipinski definition) is 3. The van der Waals surface area contributed by atoms with Gasteiger partial charge in [0.25, 0.3) is 5.91 Å². The molecule has 98 valence electrons. The number of carbonyl (C=O) groups is 1. The number of aromatic amines is 1. The fourth-order valence-electron chi connectivity index (χ4n) is 1.37. The Morgan fingerprint density at radius 3 is 2.63 bits per heavy atom. The third-order valence-corrected chi connectivity index (χ3v) is 2.76. The van der Waals surface area contributed by atoms with Gasteiger partial charge in [-0.3, -0.25) is 4.79 Å². The molecule has 1 aromatic heterocycles. The van der Waals surface area contributed by atoms with Crippen molar-refractivity contribution in [1.82, 2.24) is 4.98 Å². The maximum absolute atomic E-state index is 11.6. The van der Waals surface area contributed by atoms with Gasteiger partial charge in [0.15, 0.2) is 6.61 Å². The average Bonchev–Trinajstić information content (AvgIpc) is 2.41. The molecule has 6 heteroatoms. The van der Waals surface area contributed by atoms with Gasteiger partial charge in [0, 0.05) is 11.2 Å². The lowest BCUT2D eigenvalue weighted by atomic mass is 10.3. The molecule has 2 rings (SSSR count). The first kappa shape index (κ1) is 13.6. The van der Waals surface area contributed by atoms with Crippen LogP contribution in [0.15, 0.2) is 42.6 Å². The second-order valence-corrected chi connectivity index (χ2v) is 4.61. The van der Waals surface area contributed by atoms with Crippen molar-refractivity contribution in [2.45, 2.75) is 0 Å². The van der Waals surface area contributed by atoms with Crippen molar-refractivity contribution >= 4 is 35.4 Å². The predicted molar refractivity (Wildman–Crippen MR) is 77.2 cm³/mol. The van der Waals surface area contributed by atoms with Gasteiger partial charge in [-0.15, -0.1) is 0 Å². The molecular formula is C13H11ClN2O2S. The Morgan fingerprint density at radius 2 is 2.00 bits per heavy atom. The summed E-state index contributed by atoms with van der Waals surface area (Å²) in [7, 11) is 0. The van der Waals surface area contributed by atoms with Crippen molar-refractivity contribution < 1.29 is 9.53 Å². The number of halogens is 1. The summed E-state index contributed by atoms with van der Waals surface area (Å²) in [5.74, 6) is 0.340. The van der Waals surface area contributed by atoms with E-state index in [2.05, 4.69) is 10.3 Å². The van der Waals surface area contributed by atoms with Crippen LogP contribution in [0.3, 0.4) is 0 Å². The SMILES string of the molecule is O=C(COc1ccc(Cl)cc1)Nc1ccc(=S)[nH]c1. The van der Waals surface area contributed by atoms with E-state index in [1.807, 2.05) is 0 Å². The highest BCUT2D eigenvalue weighted by molar-refractivity contribution is 7.71. The van der Waals surface area contributed by atoms with Crippen LogP contribution >= 0.6 is 23.8 Å². The molecule has 19 heavy (non-hydrogen) atoms. The van der Waals surface area contributed by atoms with Gasteiger partial charge in [-0.05, 0) is 36.4 Å². The van der Waals surface area contributed by atoms with E-state index in [-0.39, 0.29) is 12.5 Å². The first-order valence-corrected chi connectivity index (χ1v) is 6.29. The first-order valence-electron chi connectivity index (χ1n) is 5.50. The molecule has 0 bridgehead atoms. The van der Waals surface area contributed by atoms with Gasteiger partial charge in [0.05, 0.1) is 5.69 Å². The van der Waals surface area contributed by atoms with Crippen LogP contribution in [0.4, 0.5) is 5.69 Å². The number of nitrogens with one attached hydrogen (secondary N) is 2. The third kappa shape index (κ3) is 4.39. The van der Waals surface area contributed by atoms with Crippen LogP contribution in [-0.2, 0) is 4.79 Å². The molecule has 0 atom stereocenters. The number of anilines is 1. The van der Waals surface area contributed by atoms with Gasteiger partial charge >= 0.3 is 0 Å². The van der Waals surface area contributed by atoms with Gasteiger partial charge in [0.2, 0.25) is 0 Å². The monoisotopic (exact) mass is 294 g/mol. The Morgan fingerprint density at radius 1 is 1.26 bits per heavy atom. The van der Waals surface area contributed by atoms with Crippen LogP contribution in [0, 0.1) is 4.64 Å². The van der Waals surface area contributed by atoms with E-state index in [4.69, 9.17) is 28.6 Å². The zero-order valence-corrected chi connectivity index (χ0v) is 11.4. The minimum atomic E-state index is -0.250. The minimum Gasteiger partial charge on any atom is -0.484 e. The number of hydrogen-bond donors (Lipinski definition) is 2. The molecule has 0 radical (unpaired) electrons. The molecule has 0 saturated heterocycles. The highest BCUT2D eigenvalue weighted by Crippen LogP contribution is 2.15. The maximum atomic E-state index is 11.6. The summed E-state index contributed by atoms with van der Waals surface area (Å²) in [4.78, 5) is 14.5. The van der Waals surface area contributed by atoms with E-state index in [0.29, 0.717) is 21.1 Å². The van der Waals surface area contributed by atoms with Crippen LogP contribution in [0.25, 0.3) is 0 Å². The van der Waals surface area contributed by atoms with Crippen molar-refractivity contribution in [3.8, 4) is 5.75 Å².